The fourth-order valence-corrected chi connectivity index (χ4v) is 3.40. The Bertz CT molecular complexity index is 632. The van der Waals surface area contributed by atoms with Crippen LogP contribution in [-0.4, -0.2) is 34.3 Å². The molecule has 118 valence electrons. The van der Waals surface area contributed by atoms with Gasteiger partial charge in [-0.25, -0.2) is 0 Å². The Labute approximate surface area is 139 Å². The minimum atomic E-state index is -1.07. The molecule has 1 saturated carbocycles. The van der Waals surface area contributed by atoms with E-state index in [0.29, 0.717) is 19.5 Å². The Kier molecular flexibility index (Phi) is 3.86. The van der Waals surface area contributed by atoms with Crippen LogP contribution >= 0.6 is 23.2 Å². The molecule has 3 rings (SSSR count). The number of hydrogen-bond acceptors (Lipinski definition) is 3. The van der Waals surface area contributed by atoms with Crippen LogP contribution < -0.4 is 0 Å². The van der Waals surface area contributed by atoms with Gasteiger partial charge in [-0.1, -0.05) is 24.3 Å². The molecule has 0 aromatic heterocycles. The zero-order valence-corrected chi connectivity index (χ0v) is 13.8. The number of benzene rings is 1. The maximum Gasteiger partial charge on any atom is 0.315 e. The van der Waals surface area contributed by atoms with Crippen molar-refractivity contribution in [3.8, 4) is 0 Å². The van der Waals surface area contributed by atoms with Crippen molar-refractivity contribution in [1.82, 2.24) is 4.90 Å². The van der Waals surface area contributed by atoms with Crippen LogP contribution in [0.3, 0.4) is 0 Å². The molecule has 1 aliphatic heterocycles. The molecule has 4 nitrogen and oxygen atoms in total. The van der Waals surface area contributed by atoms with Gasteiger partial charge in [0.15, 0.2) is 6.61 Å². The SMILES string of the molecule is C[C@]1(C(=O)OCC(=O)N2CCc3ccccc3C2)CC1(Cl)Cl. The predicted molar refractivity (Wildman–Crippen MR) is 83.7 cm³/mol. The van der Waals surface area contributed by atoms with Crippen molar-refractivity contribution in [2.24, 2.45) is 5.41 Å². The number of halogens is 2. The third kappa shape index (κ3) is 2.70. The van der Waals surface area contributed by atoms with E-state index in [0.717, 1.165) is 12.0 Å². The quantitative estimate of drug-likeness (QED) is 0.627. The summed E-state index contributed by atoms with van der Waals surface area (Å²) in [5.41, 5.74) is 1.51. The van der Waals surface area contributed by atoms with Gasteiger partial charge in [0.2, 0.25) is 0 Å². The van der Waals surface area contributed by atoms with Gasteiger partial charge in [-0.15, -0.1) is 23.2 Å². The van der Waals surface area contributed by atoms with Crippen molar-refractivity contribution in [3.05, 3.63) is 35.4 Å². The molecule has 0 unspecified atom stereocenters. The molecule has 0 saturated heterocycles. The summed E-state index contributed by atoms with van der Waals surface area (Å²) in [5, 5.41) is 0. The molecule has 1 atom stereocenters. The summed E-state index contributed by atoms with van der Waals surface area (Å²) in [6.45, 7) is 2.58. The average Bonchev–Trinajstić information content (AvgIpc) is 3.03. The Hall–Kier alpha value is -1.26. The normalized spacial score (nSPS) is 25.3. The minimum Gasteiger partial charge on any atom is -0.455 e. The number of hydrogen-bond donors (Lipinski definition) is 0. The molecule has 1 fully saturated rings. The first-order valence-electron chi connectivity index (χ1n) is 7.23. The molecule has 22 heavy (non-hydrogen) atoms. The standard InChI is InChI=1S/C16H17Cl2NO3/c1-15(10-16(15,17)18)14(21)22-9-13(20)19-7-6-11-4-2-3-5-12(11)8-19/h2-5H,6-10H2,1H3/t15-/m1/s1. The second kappa shape index (κ2) is 5.43. The maximum atomic E-state index is 12.2. The molecule has 1 heterocycles. The highest BCUT2D eigenvalue weighted by atomic mass is 35.5. The van der Waals surface area contributed by atoms with E-state index in [1.807, 2.05) is 18.2 Å². The molecule has 0 radical (unpaired) electrons. The van der Waals surface area contributed by atoms with Crippen molar-refractivity contribution in [3.63, 3.8) is 0 Å². The smallest absolute Gasteiger partial charge is 0.315 e. The third-order valence-electron chi connectivity index (χ3n) is 4.52. The average molecular weight is 342 g/mol. The Balaban J connectivity index is 1.55. The third-order valence-corrected chi connectivity index (χ3v) is 5.62. The van der Waals surface area contributed by atoms with Crippen LogP contribution in [0, 0.1) is 5.41 Å². The molecule has 6 heteroatoms. The number of fused-ring (bicyclic) bond motifs is 1. The van der Waals surface area contributed by atoms with E-state index >= 15 is 0 Å². The van der Waals surface area contributed by atoms with E-state index in [9.17, 15) is 9.59 Å². The number of carbonyl (C=O) groups is 2. The lowest BCUT2D eigenvalue weighted by Crippen LogP contribution is -2.39. The van der Waals surface area contributed by atoms with Crippen LogP contribution in [0.25, 0.3) is 0 Å². The van der Waals surface area contributed by atoms with E-state index in [1.54, 1.807) is 11.8 Å². The first-order valence-corrected chi connectivity index (χ1v) is 7.99. The molecule has 2 aliphatic rings. The number of amides is 1. The largest absolute Gasteiger partial charge is 0.455 e. The highest BCUT2D eigenvalue weighted by Crippen LogP contribution is 2.64. The van der Waals surface area contributed by atoms with Crippen molar-refractivity contribution in [2.45, 2.75) is 30.6 Å². The van der Waals surface area contributed by atoms with Gasteiger partial charge in [-0.3, -0.25) is 9.59 Å². The van der Waals surface area contributed by atoms with Gasteiger partial charge in [0, 0.05) is 19.5 Å². The minimum absolute atomic E-state index is 0.193. The summed E-state index contributed by atoms with van der Waals surface area (Å²) < 4.78 is 4.04. The van der Waals surface area contributed by atoms with Gasteiger partial charge in [0.1, 0.15) is 9.75 Å². The van der Waals surface area contributed by atoms with E-state index in [4.69, 9.17) is 27.9 Å². The van der Waals surface area contributed by atoms with Gasteiger partial charge >= 0.3 is 5.97 Å². The lowest BCUT2D eigenvalue weighted by Gasteiger charge is -2.28. The number of ether oxygens (including phenoxy) is 1. The molecule has 0 N–H and O–H groups in total. The zero-order chi connectivity index (χ0) is 16.0. The number of alkyl halides is 2. The molecule has 1 aliphatic carbocycles. The van der Waals surface area contributed by atoms with Crippen molar-refractivity contribution in [2.75, 3.05) is 13.2 Å². The van der Waals surface area contributed by atoms with Crippen LogP contribution in [0.4, 0.5) is 0 Å². The Morgan fingerprint density at radius 2 is 1.91 bits per heavy atom. The molecule has 0 bridgehead atoms. The highest BCUT2D eigenvalue weighted by Gasteiger charge is 2.69. The van der Waals surface area contributed by atoms with Crippen molar-refractivity contribution in [1.29, 1.82) is 0 Å². The van der Waals surface area contributed by atoms with Crippen molar-refractivity contribution >= 4 is 35.1 Å². The monoisotopic (exact) mass is 341 g/mol. The van der Waals surface area contributed by atoms with E-state index in [1.165, 1.54) is 5.56 Å². The number of esters is 1. The van der Waals surface area contributed by atoms with Gasteiger partial charge < -0.3 is 9.64 Å². The fraction of sp³-hybridized carbons (Fsp3) is 0.500. The summed E-state index contributed by atoms with van der Waals surface area (Å²) >= 11 is 11.9. The van der Waals surface area contributed by atoms with E-state index in [2.05, 4.69) is 6.07 Å². The fourth-order valence-electron chi connectivity index (χ4n) is 2.71. The molecular formula is C16H17Cl2NO3. The second-order valence-electron chi connectivity index (χ2n) is 6.12. The van der Waals surface area contributed by atoms with Crippen LogP contribution in [0.15, 0.2) is 24.3 Å². The van der Waals surface area contributed by atoms with Crippen molar-refractivity contribution < 1.29 is 14.3 Å². The number of nitrogens with zero attached hydrogens (tertiary/aromatic N) is 1. The van der Waals surface area contributed by atoms with Crippen LogP contribution in [0.1, 0.15) is 24.5 Å². The first kappa shape index (κ1) is 15.6. The van der Waals surface area contributed by atoms with E-state index < -0.39 is 15.7 Å². The predicted octanol–water partition coefficient (Wildman–Crippen LogP) is 2.70. The first-order chi connectivity index (χ1) is 10.3. The van der Waals surface area contributed by atoms with Gasteiger partial charge in [0.05, 0.1) is 0 Å². The summed E-state index contributed by atoms with van der Waals surface area (Å²) in [5.74, 6) is -0.704. The van der Waals surface area contributed by atoms with E-state index in [-0.39, 0.29) is 12.5 Å². The van der Waals surface area contributed by atoms with Crippen LogP contribution in [0.2, 0.25) is 0 Å². The molecule has 0 spiro atoms. The Morgan fingerprint density at radius 3 is 2.55 bits per heavy atom. The summed E-state index contributed by atoms with van der Waals surface area (Å²) in [7, 11) is 0. The summed E-state index contributed by atoms with van der Waals surface area (Å²) in [6, 6.07) is 8.05. The highest BCUT2D eigenvalue weighted by molar-refractivity contribution is 6.53. The lowest BCUT2D eigenvalue weighted by molar-refractivity contribution is -0.156. The topological polar surface area (TPSA) is 46.6 Å². The number of rotatable bonds is 3. The van der Waals surface area contributed by atoms with Gasteiger partial charge in [0.25, 0.3) is 5.91 Å². The van der Waals surface area contributed by atoms with Crippen LogP contribution in [-0.2, 0) is 27.3 Å². The van der Waals surface area contributed by atoms with Gasteiger partial charge in [-0.05, 0) is 24.5 Å². The summed E-state index contributed by atoms with van der Waals surface area (Å²) in [4.78, 5) is 25.9. The molecule has 1 amide bonds. The summed E-state index contributed by atoms with van der Waals surface area (Å²) in [6.07, 6.45) is 1.17. The molecule has 1 aromatic rings. The lowest BCUT2D eigenvalue weighted by atomic mass is 10.00. The zero-order valence-electron chi connectivity index (χ0n) is 12.3. The Morgan fingerprint density at radius 1 is 1.27 bits per heavy atom. The number of carbonyl (C=O) groups excluding carboxylic acids is 2. The second-order valence-corrected chi connectivity index (χ2v) is 7.61. The molecular weight excluding hydrogens is 325 g/mol. The molecule has 1 aromatic carbocycles. The van der Waals surface area contributed by atoms with Gasteiger partial charge in [-0.2, -0.15) is 0 Å². The van der Waals surface area contributed by atoms with Crippen LogP contribution in [0.5, 0.6) is 0 Å². The maximum absolute atomic E-state index is 12.2.